The summed E-state index contributed by atoms with van der Waals surface area (Å²) in [4.78, 5) is 37.6. The standard InChI is InChI=1S/C55H86O6/c1-4-7-10-13-16-18-20-22-23-24-25-26-27-28-29-30-31-33-34-36-39-42-45-48-54(57)60-51-52(50-59-53(56)47-44-41-38-15-12-9-6-3)61-55(58)49-46-43-40-37-35-32-21-19-17-14-11-8-5-2/h7-8,10-11,16-19,22-23,25-26,28-29,31-33,35,40,43,52H,4-6,9,12-15,20-21,24,27,30,34,36-39,41-42,44-51H2,1-3H3/b10-7-,11-8-,18-16-,19-17-,23-22-,26-25-,29-28-,33-31-,35-32-,43-40-. The van der Waals surface area contributed by atoms with Crippen molar-refractivity contribution in [1.29, 1.82) is 0 Å². The van der Waals surface area contributed by atoms with Gasteiger partial charge >= 0.3 is 17.9 Å². The lowest BCUT2D eigenvalue weighted by Gasteiger charge is -2.18. The molecule has 0 aliphatic heterocycles. The zero-order valence-electron chi connectivity index (χ0n) is 38.9. The molecule has 0 aliphatic rings. The summed E-state index contributed by atoms with van der Waals surface area (Å²) in [5.74, 6) is -1.05. The van der Waals surface area contributed by atoms with Gasteiger partial charge in [0, 0.05) is 19.3 Å². The molecule has 1 unspecified atom stereocenters. The molecule has 6 nitrogen and oxygen atoms in total. The fraction of sp³-hybridized carbons (Fsp3) is 0.582. The van der Waals surface area contributed by atoms with E-state index < -0.39 is 12.1 Å². The topological polar surface area (TPSA) is 78.9 Å². The Morgan fingerprint density at radius 3 is 1.07 bits per heavy atom. The van der Waals surface area contributed by atoms with Gasteiger partial charge in [0.2, 0.25) is 0 Å². The first kappa shape index (κ1) is 56.8. The number of hydrogen-bond donors (Lipinski definition) is 0. The molecule has 0 heterocycles. The second-order valence-electron chi connectivity index (χ2n) is 15.3. The summed E-state index contributed by atoms with van der Waals surface area (Å²) in [6.07, 6.45) is 66.4. The van der Waals surface area contributed by atoms with Crippen molar-refractivity contribution in [3.8, 4) is 0 Å². The number of ether oxygens (including phenoxy) is 3. The summed E-state index contributed by atoms with van der Waals surface area (Å²) in [6.45, 7) is 6.24. The van der Waals surface area contributed by atoms with Crippen LogP contribution in [0.4, 0.5) is 0 Å². The maximum atomic E-state index is 12.7. The minimum Gasteiger partial charge on any atom is -0.462 e. The lowest BCUT2D eigenvalue weighted by molar-refractivity contribution is -0.166. The van der Waals surface area contributed by atoms with Crippen LogP contribution in [0.1, 0.15) is 188 Å². The first-order valence-corrected chi connectivity index (χ1v) is 24.0. The van der Waals surface area contributed by atoms with E-state index in [2.05, 4.69) is 130 Å². The minimum atomic E-state index is -0.826. The van der Waals surface area contributed by atoms with Crippen LogP contribution in [0.25, 0.3) is 0 Å². The van der Waals surface area contributed by atoms with Gasteiger partial charge in [-0.1, -0.05) is 194 Å². The van der Waals surface area contributed by atoms with Crippen molar-refractivity contribution < 1.29 is 28.6 Å². The minimum absolute atomic E-state index is 0.118. The molecular formula is C55H86O6. The second-order valence-corrected chi connectivity index (χ2v) is 15.3. The molecule has 61 heavy (non-hydrogen) atoms. The molecular weight excluding hydrogens is 757 g/mol. The molecule has 0 rings (SSSR count). The number of allylic oxidation sites excluding steroid dienone is 20. The maximum Gasteiger partial charge on any atom is 0.306 e. The van der Waals surface area contributed by atoms with Crippen LogP contribution in [0.2, 0.25) is 0 Å². The molecule has 0 spiro atoms. The monoisotopic (exact) mass is 843 g/mol. The molecule has 0 aromatic rings. The fourth-order valence-electron chi connectivity index (χ4n) is 5.93. The van der Waals surface area contributed by atoms with E-state index in [0.717, 1.165) is 116 Å². The van der Waals surface area contributed by atoms with Gasteiger partial charge < -0.3 is 14.2 Å². The molecule has 342 valence electrons. The highest BCUT2D eigenvalue weighted by atomic mass is 16.6. The zero-order chi connectivity index (χ0) is 44.4. The molecule has 0 N–H and O–H groups in total. The highest BCUT2D eigenvalue weighted by molar-refractivity contribution is 5.71. The highest BCUT2D eigenvalue weighted by Crippen LogP contribution is 2.11. The fourth-order valence-corrected chi connectivity index (χ4v) is 5.93. The molecule has 0 aromatic carbocycles. The normalized spacial score (nSPS) is 13.2. The predicted molar refractivity (Wildman–Crippen MR) is 260 cm³/mol. The number of carbonyl (C=O) groups excluding carboxylic acids is 3. The Kier molecular flexibility index (Phi) is 45.1. The molecule has 0 aliphatic carbocycles. The van der Waals surface area contributed by atoms with E-state index in [-0.39, 0.29) is 31.6 Å². The summed E-state index contributed by atoms with van der Waals surface area (Å²) in [5, 5.41) is 0. The van der Waals surface area contributed by atoms with E-state index in [1.54, 1.807) is 0 Å². The highest BCUT2D eigenvalue weighted by Gasteiger charge is 2.19. The van der Waals surface area contributed by atoms with Crippen molar-refractivity contribution >= 4 is 17.9 Å². The Labute approximate surface area is 373 Å². The zero-order valence-corrected chi connectivity index (χ0v) is 38.9. The molecule has 0 fully saturated rings. The van der Waals surface area contributed by atoms with E-state index in [1.165, 1.54) is 25.7 Å². The van der Waals surface area contributed by atoms with E-state index in [9.17, 15) is 14.4 Å². The third-order valence-corrected chi connectivity index (χ3v) is 9.48. The van der Waals surface area contributed by atoms with Crippen molar-refractivity contribution in [3.63, 3.8) is 0 Å². The van der Waals surface area contributed by atoms with Crippen LogP contribution in [-0.2, 0) is 28.6 Å². The summed E-state index contributed by atoms with van der Waals surface area (Å²) in [6, 6.07) is 0. The van der Waals surface area contributed by atoms with Gasteiger partial charge in [0.1, 0.15) is 13.2 Å². The molecule has 1 atom stereocenters. The average molecular weight is 843 g/mol. The summed E-state index contributed by atoms with van der Waals surface area (Å²) in [5.41, 5.74) is 0. The van der Waals surface area contributed by atoms with Crippen LogP contribution in [-0.4, -0.2) is 37.2 Å². The SMILES string of the molecule is CC/C=C\C/C=C\C/C=C\C/C=C\C/C=C\C/C=C\CCCCCCC(=O)OCC(COC(=O)CCCCCCCCC)OC(=O)CC/C=C\C/C=C\C/C=C\C/C=C\CC. The maximum absolute atomic E-state index is 12.7. The van der Waals surface area contributed by atoms with Crippen molar-refractivity contribution in [2.45, 2.75) is 194 Å². The van der Waals surface area contributed by atoms with Crippen molar-refractivity contribution in [3.05, 3.63) is 122 Å². The Morgan fingerprint density at radius 1 is 0.344 bits per heavy atom. The number of hydrogen-bond acceptors (Lipinski definition) is 6. The summed E-state index contributed by atoms with van der Waals surface area (Å²) >= 11 is 0. The van der Waals surface area contributed by atoms with Crippen LogP contribution in [0.5, 0.6) is 0 Å². The second kappa shape index (κ2) is 48.5. The Bertz CT molecular complexity index is 1340. The van der Waals surface area contributed by atoms with Crippen LogP contribution in [0, 0.1) is 0 Å². The Balaban J connectivity index is 4.39. The largest absolute Gasteiger partial charge is 0.462 e. The average Bonchev–Trinajstić information content (AvgIpc) is 3.26. The van der Waals surface area contributed by atoms with Crippen LogP contribution in [0.3, 0.4) is 0 Å². The van der Waals surface area contributed by atoms with Gasteiger partial charge in [-0.15, -0.1) is 0 Å². The van der Waals surface area contributed by atoms with Gasteiger partial charge in [0.05, 0.1) is 0 Å². The first-order valence-electron chi connectivity index (χ1n) is 24.0. The van der Waals surface area contributed by atoms with E-state index in [0.29, 0.717) is 19.3 Å². The van der Waals surface area contributed by atoms with Crippen molar-refractivity contribution in [2.75, 3.05) is 13.2 Å². The predicted octanol–water partition coefficient (Wildman–Crippen LogP) is 15.7. The smallest absolute Gasteiger partial charge is 0.306 e. The molecule has 0 radical (unpaired) electrons. The molecule has 0 aromatic heterocycles. The molecule has 0 saturated carbocycles. The van der Waals surface area contributed by atoms with Crippen molar-refractivity contribution in [1.82, 2.24) is 0 Å². The molecule has 0 saturated heterocycles. The number of unbranched alkanes of at least 4 members (excludes halogenated alkanes) is 10. The van der Waals surface area contributed by atoms with Gasteiger partial charge in [-0.05, 0) is 96.3 Å². The third-order valence-electron chi connectivity index (χ3n) is 9.48. The number of esters is 3. The number of rotatable bonds is 41. The quantitative estimate of drug-likeness (QED) is 0.0264. The lowest BCUT2D eigenvalue weighted by Crippen LogP contribution is -2.30. The lowest BCUT2D eigenvalue weighted by atomic mass is 10.1. The molecule has 0 amide bonds. The van der Waals surface area contributed by atoms with Gasteiger partial charge in [-0.3, -0.25) is 14.4 Å². The van der Waals surface area contributed by atoms with Gasteiger partial charge in [0.15, 0.2) is 6.10 Å². The molecule has 6 heteroatoms. The Morgan fingerprint density at radius 2 is 0.672 bits per heavy atom. The summed E-state index contributed by atoms with van der Waals surface area (Å²) < 4.78 is 16.6. The van der Waals surface area contributed by atoms with Crippen LogP contribution >= 0.6 is 0 Å². The number of carbonyl (C=O) groups is 3. The van der Waals surface area contributed by atoms with E-state index >= 15 is 0 Å². The summed E-state index contributed by atoms with van der Waals surface area (Å²) in [7, 11) is 0. The molecule has 0 bridgehead atoms. The van der Waals surface area contributed by atoms with Crippen LogP contribution < -0.4 is 0 Å². The van der Waals surface area contributed by atoms with Gasteiger partial charge in [0.25, 0.3) is 0 Å². The van der Waals surface area contributed by atoms with Gasteiger partial charge in [-0.25, -0.2) is 0 Å². The first-order chi connectivity index (χ1) is 30.0. The van der Waals surface area contributed by atoms with Crippen LogP contribution in [0.15, 0.2) is 122 Å². The van der Waals surface area contributed by atoms with Gasteiger partial charge in [-0.2, -0.15) is 0 Å². The third kappa shape index (κ3) is 46.7. The van der Waals surface area contributed by atoms with E-state index in [4.69, 9.17) is 14.2 Å². The Hall–Kier alpha value is -4.19. The van der Waals surface area contributed by atoms with Crippen molar-refractivity contribution in [2.24, 2.45) is 0 Å². The van der Waals surface area contributed by atoms with E-state index in [1.807, 2.05) is 12.2 Å².